The van der Waals surface area contributed by atoms with E-state index in [1.54, 1.807) is 37.3 Å². The van der Waals surface area contributed by atoms with Crippen molar-refractivity contribution in [1.29, 1.82) is 0 Å². The maximum atomic E-state index is 12.3. The number of hydrogen-bond donors (Lipinski definition) is 2. The number of nitrogens with one attached hydrogen (secondary N) is 1. The van der Waals surface area contributed by atoms with Crippen molar-refractivity contribution in [1.82, 2.24) is 5.16 Å². The Morgan fingerprint density at radius 3 is 2.66 bits per heavy atom. The maximum absolute atomic E-state index is 12.3. The number of aromatic nitrogens is 1. The molecule has 2 N–H and O–H groups in total. The highest BCUT2D eigenvalue weighted by atomic mass is 35.5. The van der Waals surface area contributed by atoms with Crippen molar-refractivity contribution >= 4 is 29.4 Å². The largest absolute Gasteiger partial charge is 0.481 e. The van der Waals surface area contributed by atoms with Gasteiger partial charge in [0.05, 0.1) is 13.0 Å². The van der Waals surface area contributed by atoms with Gasteiger partial charge in [-0.2, -0.15) is 0 Å². The molecule has 0 spiro atoms. The van der Waals surface area contributed by atoms with E-state index in [9.17, 15) is 9.59 Å². The van der Waals surface area contributed by atoms with Gasteiger partial charge in [-0.25, -0.2) is 4.79 Å². The number of benzene rings is 2. The minimum Gasteiger partial charge on any atom is -0.481 e. The molecule has 0 bridgehead atoms. The van der Waals surface area contributed by atoms with Crippen molar-refractivity contribution in [3.8, 4) is 23.2 Å². The van der Waals surface area contributed by atoms with Crippen LogP contribution in [0.15, 0.2) is 53.1 Å². The highest BCUT2D eigenvalue weighted by Gasteiger charge is 2.18. The van der Waals surface area contributed by atoms with E-state index in [1.807, 2.05) is 18.2 Å². The first-order valence-electron chi connectivity index (χ1n) is 9.88. The predicted molar refractivity (Wildman–Crippen MR) is 121 cm³/mol. The van der Waals surface area contributed by atoms with Crippen molar-refractivity contribution in [3.05, 3.63) is 70.4 Å². The van der Waals surface area contributed by atoms with Crippen LogP contribution < -0.4 is 5.32 Å². The summed E-state index contributed by atoms with van der Waals surface area (Å²) in [6, 6.07) is 14.5. The second kappa shape index (κ2) is 11.0. The fourth-order valence-corrected chi connectivity index (χ4v) is 3.08. The van der Waals surface area contributed by atoms with E-state index in [0.717, 1.165) is 11.1 Å². The number of nitrogens with zero attached hydrogens (tertiary/aromatic N) is 1. The number of carboxylic acids is 1. The van der Waals surface area contributed by atoms with Crippen molar-refractivity contribution < 1.29 is 24.0 Å². The molecule has 164 valence electrons. The lowest BCUT2D eigenvalue weighted by Crippen LogP contribution is -2.16. The van der Waals surface area contributed by atoms with Gasteiger partial charge in [-0.05, 0) is 42.8 Å². The number of carbonyl (C=O) groups is 2. The Kier molecular flexibility index (Phi) is 7.90. The van der Waals surface area contributed by atoms with Crippen LogP contribution >= 0.6 is 11.6 Å². The summed E-state index contributed by atoms with van der Waals surface area (Å²) < 4.78 is 10.7. The van der Waals surface area contributed by atoms with Crippen LogP contribution in [-0.2, 0) is 16.0 Å². The molecule has 7 nitrogen and oxygen atoms in total. The molecular formula is C24H21ClN2O5. The van der Waals surface area contributed by atoms with Gasteiger partial charge in [-0.3, -0.25) is 10.1 Å². The third-order valence-corrected chi connectivity index (χ3v) is 4.86. The number of ether oxygens (including phenoxy) is 1. The second-order valence-electron chi connectivity index (χ2n) is 6.85. The molecular weight excluding hydrogens is 432 g/mol. The van der Waals surface area contributed by atoms with Gasteiger partial charge in [0, 0.05) is 29.0 Å². The first kappa shape index (κ1) is 22.9. The Morgan fingerprint density at radius 2 is 1.94 bits per heavy atom. The first-order valence-corrected chi connectivity index (χ1v) is 10.3. The van der Waals surface area contributed by atoms with Gasteiger partial charge in [0.15, 0.2) is 5.76 Å². The van der Waals surface area contributed by atoms with E-state index >= 15 is 0 Å². The Morgan fingerprint density at radius 1 is 1.19 bits per heavy atom. The Labute approximate surface area is 190 Å². The predicted octanol–water partition coefficient (Wildman–Crippen LogP) is 5.31. The van der Waals surface area contributed by atoms with Gasteiger partial charge < -0.3 is 14.4 Å². The summed E-state index contributed by atoms with van der Waals surface area (Å²) in [5.41, 5.74) is 3.28. The molecule has 1 aromatic heterocycles. The molecule has 0 aliphatic carbocycles. The zero-order chi connectivity index (χ0) is 22.9. The molecule has 0 fully saturated rings. The molecule has 0 unspecified atom stereocenters. The molecule has 3 aromatic rings. The number of halogens is 1. The van der Waals surface area contributed by atoms with E-state index in [4.69, 9.17) is 26.0 Å². The number of aliphatic carboxylic acids is 1. The quantitative estimate of drug-likeness (QED) is 0.471. The smallest absolute Gasteiger partial charge is 0.411 e. The molecule has 1 amide bonds. The average molecular weight is 453 g/mol. The first-order chi connectivity index (χ1) is 15.4. The lowest BCUT2D eigenvalue weighted by molar-refractivity contribution is -0.136. The number of carbonyl (C=O) groups excluding carboxylic acids is 1. The van der Waals surface area contributed by atoms with Crippen LogP contribution in [0.4, 0.5) is 10.5 Å². The number of rotatable bonds is 7. The van der Waals surface area contributed by atoms with E-state index in [2.05, 4.69) is 22.3 Å². The van der Waals surface area contributed by atoms with Crippen molar-refractivity contribution in [2.24, 2.45) is 0 Å². The standard InChI is InChI=1S/C24H21ClN2O5/c1-16-22(26-24(30)31-15-14-18-7-3-4-8-20(18)25)23(32-27-16)19-12-10-17(11-13-19)6-2-5-9-21(28)29/h3-4,7-8,10-13H,5,9,14-15H2,1H3,(H,26,30)(H,28,29). The summed E-state index contributed by atoms with van der Waals surface area (Å²) in [6.45, 7) is 1.89. The monoisotopic (exact) mass is 452 g/mol. The van der Waals surface area contributed by atoms with Gasteiger partial charge in [-0.15, -0.1) is 0 Å². The Balaban J connectivity index is 1.61. The molecule has 1 heterocycles. The number of hydrogen-bond acceptors (Lipinski definition) is 5. The highest BCUT2D eigenvalue weighted by molar-refractivity contribution is 6.31. The van der Waals surface area contributed by atoms with Crippen molar-refractivity contribution in [2.75, 3.05) is 11.9 Å². The van der Waals surface area contributed by atoms with Crippen molar-refractivity contribution in [2.45, 2.75) is 26.2 Å². The van der Waals surface area contributed by atoms with Crippen LogP contribution in [0, 0.1) is 18.8 Å². The molecule has 0 saturated carbocycles. The summed E-state index contributed by atoms with van der Waals surface area (Å²) in [4.78, 5) is 22.8. The third kappa shape index (κ3) is 6.37. The fourth-order valence-electron chi connectivity index (χ4n) is 2.85. The number of aryl methyl sites for hydroxylation is 1. The van der Waals surface area contributed by atoms with E-state index in [0.29, 0.717) is 34.1 Å². The summed E-state index contributed by atoms with van der Waals surface area (Å²) >= 11 is 6.11. The fraction of sp³-hybridized carbons (Fsp3) is 0.208. The normalized spacial score (nSPS) is 10.2. The summed E-state index contributed by atoms with van der Waals surface area (Å²) in [5.74, 6) is 5.25. The van der Waals surface area contributed by atoms with E-state index in [1.165, 1.54) is 0 Å². The number of amides is 1. The SMILES string of the molecule is Cc1noc(-c2ccc(C#CCCC(=O)O)cc2)c1NC(=O)OCCc1ccccc1Cl. The van der Waals surface area contributed by atoms with Gasteiger partial charge in [0.1, 0.15) is 11.4 Å². The number of carboxylic acid groups (broad SMARTS) is 1. The third-order valence-electron chi connectivity index (χ3n) is 4.50. The highest BCUT2D eigenvalue weighted by Crippen LogP contribution is 2.31. The molecule has 2 aromatic carbocycles. The molecule has 3 rings (SSSR count). The minimum atomic E-state index is -0.877. The second-order valence-corrected chi connectivity index (χ2v) is 7.25. The van der Waals surface area contributed by atoms with Crippen molar-refractivity contribution in [3.63, 3.8) is 0 Å². The maximum Gasteiger partial charge on any atom is 0.411 e. The molecule has 0 saturated heterocycles. The zero-order valence-corrected chi connectivity index (χ0v) is 18.1. The molecule has 0 radical (unpaired) electrons. The van der Waals surface area contributed by atoms with Crippen LogP contribution in [0.5, 0.6) is 0 Å². The lowest BCUT2D eigenvalue weighted by atomic mass is 10.1. The van der Waals surface area contributed by atoms with Gasteiger partial charge in [0.25, 0.3) is 0 Å². The van der Waals surface area contributed by atoms with E-state index in [-0.39, 0.29) is 19.4 Å². The lowest BCUT2D eigenvalue weighted by Gasteiger charge is -2.08. The van der Waals surface area contributed by atoms with Crippen LogP contribution in [0.25, 0.3) is 11.3 Å². The van der Waals surface area contributed by atoms with Crippen LogP contribution in [0.3, 0.4) is 0 Å². The Hall–Kier alpha value is -3.76. The Bertz CT molecular complexity index is 1160. The van der Waals surface area contributed by atoms with Gasteiger partial charge in [0.2, 0.25) is 0 Å². The molecule has 8 heteroatoms. The van der Waals surface area contributed by atoms with Crippen LogP contribution in [0.2, 0.25) is 5.02 Å². The van der Waals surface area contributed by atoms with Gasteiger partial charge >= 0.3 is 12.1 Å². The summed E-state index contributed by atoms with van der Waals surface area (Å²) in [6.07, 6.45) is 0.166. The zero-order valence-electron chi connectivity index (χ0n) is 17.4. The minimum absolute atomic E-state index is 0.00589. The topological polar surface area (TPSA) is 102 Å². The number of anilines is 1. The summed E-state index contributed by atoms with van der Waals surface area (Å²) in [7, 11) is 0. The molecule has 0 atom stereocenters. The molecule has 0 aliphatic heterocycles. The molecule has 32 heavy (non-hydrogen) atoms. The van der Waals surface area contributed by atoms with Crippen LogP contribution in [0.1, 0.15) is 29.7 Å². The molecule has 0 aliphatic rings. The average Bonchev–Trinajstić information content (AvgIpc) is 3.13. The van der Waals surface area contributed by atoms with Gasteiger partial charge in [-0.1, -0.05) is 46.8 Å². The summed E-state index contributed by atoms with van der Waals surface area (Å²) in [5, 5.41) is 15.9. The van der Waals surface area contributed by atoms with E-state index < -0.39 is 12.1 Å². The van der Waals surface area contributed by atoms with Crippen LogP contribution in [-0.4, -0.2) is 28.9 Å².